The predicted molar refractivity (Wildman–Crippen MR) is 53.3 cm³/mol. The standard InChI is InChI=1S/C7H5ClN2S.Na/c8-7-5-1-3-9-10(5)4-2-6(7)11;/h1-4,9H;. The van der Waals surface area contributed by atoms with Gasteiger partial charge < -0.3 is 5.10 Å². The van der Waals surface area contributed by atoms with Crippen molar-refractivity contribution < 1.29 is 0 Å². The third-order valence-electron chi connectivity index (χ3n) is 1.53. The fourth-order valence-electron chi connectivity index (χ4n) is 0.990. The van der Waals surface area contributed by atoms with Crippen LogP contribution in [0.2, 0.25) is 5.02 Å². The molecule has 2 aromatic heterocycles. The van der Waals surface area contributed by atoms with Crippen LogP contribution in [0.1, 0.15) is 0 Å². The molecule has 0 saturated carbocycles. The summed E-state index contributed by atoms with van der Waals surface area (Å²) in [6, 6.07) is 3.68. The number of pyridine rings is 1. The summed E-state index contributed by atoms with van der Waals surface area (Å²) in [7, 11) is 0. The third kappa shape index (κ3) is 1.60. The maximum atomic E-state index is 5.92. The van der Waals surface area contributed by atoms with E-state index in [1.54, 1.807) is 6.07 Å². The van der Waals surface area contributed by atoms with Crippen LogP contribution in [0, 0.1) is 4.51 Å². The van der Waals surface area contributed by atoms with Gasteiger partial charge in [-0.3, -0.25) is 4.52 Å². The van der Waals surface area contributed by atoms with Gasteiger partial charge in [0, 0.05) is 42.0 Å². The summed E-state index contributed by atoms with van der Waals surface area (Å²) in [5, 5.41) is 3.60. The van der Waals surface area contributed by atoms with Crippen molar-refractivity contribution in [2.75, 3.05) is 0 Å². The van der Waals surface area contributed by atoms with E-state index in [-0.39, 0.29) is 29.6 Å². The van der Waals surface area contributed by atoms with Crippen LogP contribution >= 0.6 is 23.8 Å². The predicted octanol–water partition coefficient (Wildman–Crippen LogP) is 2.27. The Bertz CT molecular complexity index is 448. The second-order valence-corrected chi connectivity index (χ2v) is 3.03. The van der Waals surface area contributed by atoms with E-state index in [1.807, 2.05) is 23.0 Å². The first-order chi connectivity index (χ1) is 5.29. The third-order valence-corrected chi connectivity index (χ3v) is 2.38. The summed E-state index contributed by atoms with van der Waals surface area (Å²) in [4.78, 5) is 0. The summed E-state index contributed by atoms with van der Waals surface area (Å²) in [6.45, 7) is 0. The number of fused-ring (bicyclic) bond motifs is 1. The fraction of sp³-hybridized carbons (Fsp3) is 0. The molecule has 12 heavy (non-hydrogen) atoms. The average molecular weight is 208 g/mol. The molecule has 0 saturated heterocycles. The van der Waals surface area contributed by atoms with Gasteiger partial charge in [0.1, 0.15) is 0 Å². The monoisotopic (exact) mass is 207 g/mol. The van der Waals surface area contributed by atoms with Crippen molar-refractivity contribution in [3.05, 3.63) is 34.1 Å². The molecule has 0 aliphatic heterocycles. The molecule has 2 rings (SSSR count). The summed E-state index contributed by atoms with van der Waals surface area (Å²) >= 11 is 10.9. The van der Waals surface area contributed by atoms with E-state index >= 15 is 0 Å². The van der Waals surface area contributed by atoms with Gasteiger partial charge >= 0.3 is 0 Å². The molecule has 57 valence electrons. The zero-order valence-electron chi connectivity index (χ0n) is 6.54. The molecule has 2 nitrogen and oxygen atoms in total. The Morgan fingerprint density at radius 3 is 2.92 bits per heavy atom. The van der Waals surface area contributed by atoms with Crippen molar-refractivity contribution in [2.24, 2.45) is 0 Å². The largest absolute Gasteiger partial charge is 0.302 e. The summed E-state index contributed by atoms with van der Waals surface area (Å²) < 4.78 is 2.50. The summed E-state index contributed by atoms with van der Waals surface area (Å²) in [6.07, 6.45) is 3.67. The number of aromatic amines is 1. The molecule has 0 spiro atoms. The van der Waals surface area contributed by atoms with Gasteiger partial charge in [0.2, 0.25) is 0 Å². The maximum Gasteiger partial charge on any atom is 0.0843 e. The maximum absolute atomic E-state index is 5.92. The Morgan fingerprint density at radius 1 is 1.42 bits per heavy atom. The average Bonchev–Trinajstić information content (AvgIpc) is 2.45. The Balaban J connectivity index is 0.000000720. The van der Waals surface area contributed by atoms with Crippen LogP contribution in [0.15, 0.2) is 24.5 Å². The van der Waals surface area contributed by atoms with E-state index in [4.69, 9.17) is 23.8 Å². The molecule has 0 aliphatic rings. The van der Waals surface area contributed by atoms with Crippen LogP contribution < -0.4 is 0 Å². The second kappa shape index (κ2) is 3.94. The first kappa shape index (κ1) is 10.3. The topological polar surface area (TPSA) is 20.2 Å². The van der Waals surface area contributed by atoms with Crippen LogP contribution in [-0.2, 0) is 0 Å². The minimum absolute atomic E-state index is 0. The van der Waals surface area contributed by atoms with Crippen molar-refractivity contribution in [1.29, 1.82) is 0 Å². The fourth-order valence-corrected chi connectivity index (χ4v) is 1.37. The number of hydrogen-bond acceptors (Lipinski definition) is 1. The quantitative estimate of drug-likeness (QED) is 0.519. The van der Waals surface area contributed by atoms with Gasteiger partial charge in [-0.05, 0) is 12.1 Å². The number of rotatable bonds is 0. The number of nitrogens with one attached hydrogen (secondary N) is 1. The molecule has 1 radical (unpaired) electrons. The van der Waals surface area contributed by atoms with Gasteiger partial charge in [-0.2, -0.15) is 0 Å². The Labute approximate surface area is 102 Å². The number of nitrogens with zero attached hydrogens (tertiary/aromatic N) is 1. The Hall–Kier alpha value is 0.200. The van der Waals surface area contributed by atoms with E-state index in [2.05, 4.69) is 5.10 Å². The smallest absolute Gasteiger partial charge is 0.0843 e. The van der Waals surface area contributed by atoms with Crippen LogP contribution in [-0.4, -0.2) is 39.2 Å². The summed E-state index contributed by atoms with van der Waals surface area (Å²) in [5.41, 5.74) is 0.916. The molecule has 2 aromatic rings. The molecule has 0 fully saturated rings. The van der Waals surface area contributed by atoms with E-state index in [0.29, 0.717) is 9.53 Å². The minimum Gasteiger partial charge on any atom is -0.302 e. The van der Waals surface area contributed by atoms with E-state index < -0.39 is 0 Å². The van der Waals surface area contributed by atoms with Gasteiger partial charge in [0.25, 0.3) is 0 Å². The van der Waals surface area contributed by atoms with Gasteiger partial charge in [-0.1, -0.05) is 23.8 Å². The molecule has 0 amide bonds. The van der Waals surface area contributed by atoms with E-state index in [0.717, 1.165) is 5.52 Å². The van der Waals surface area contributed by atoms with Crippen molar-refractivity contribution in [3.63, 3.8) is 0 Å². The SMILES string of the molecule is S=c1ccn2[nH]ccc2c1Cl.[Na]. The normalized spacial score (nSPS) is 9.75. The van der Waals surface area contributed by atoms with Crippen molar-refractivity contribution in [1.82, 2.24) is 9.61 Å². The van der Waals surface area contributed by atoms with Gasteiger partial charge in [0.15, 0.2) is 0 Å². The van der Waals surface area contributed by atoms with Crippen LogP contribution in [0.4, 0.5) is 0 Å². The Kier molecular flexibility index (Phi) is 3.37. The van der Waals surface area contributed by atoms with Crippen LogP contribution in [0.5, 0.6) is 0 Å². The van der Waals surface area contributed by atoms with Crippen LogP contribution in [0.3, 0.4) is 0 Å². The molecule has 0 aromatic carbocycles. The first-order valence-corrected chi connectivity index (χ1v) is 3.92. The molecule has 5 heteroatoms. The zero-order valence-corrected chi connectivity index (χ0v) is 10.1. The number of aromatic nitrogens is 2. The molecule has 0 bridgehead atoms. The molecule has 0 unspecified atom stereocenters. The van der Waals surface area contributed by atoms with E-state index in [1.165, 1.54) is 0 Å². The first-order valence-electron chi connectivity index (χ1n) is 3.13. The molecular weight excluding hydrogens is 203 g/mol. The number of hydrogen-bond donors (Lipinski definition) is 1. The Morgan fingerprint density at radius 2 is 2.17 bits per heavy atom. The molecule has 1 N–H and O–H groups in total. The van der Waals surface area contributed by atoms with E-state index in [9.17, 15) is 0 Å². The van der Waals surface area contributed by atoms with Gasteiger partial charge in [0.05, 0.1) is 15.0 Å². The van der Waals surface area contributed by atoms with Gasteiger partial charge in [-0.25, -0.2) is 0 Å². The second-order valence-electron chi connectivity index (χ2n) is 2.21. The van der Waals surface area contributed by atoms with Crippen molar-refractivity contribution in [2.45, 2.75) is 0 Å². The summed E-state index contributed by atoms with van der Waals surface area (Å²) in [5.74, 6) is 0. The van der Waals surface area contributed by atoms with Crippen molar-refractivity contribution in [3.8, 4) is 0 Å². The number of halogens is 1. The van der Waals surface area contributed by atoms with Crippen molar-refractivity contribution >= 4 is 58.9 Å². The van der Waals surface area contributed by atoms with Gasteiger partial charge in [-0.15, -0.1) is 0 Å². The molecular formula is C7H5ClN2NaS. The molecule has 0 aliphatic carbocycles. The molecule has 0 atom stereocenters. The number of H-pyrrole nitrogens is 1. The minimum atomic E-state index is 0. The van der Waals surface area contributed by atoms with Crippen LogP contribution in [0.25, 0.3) is 5.52 Å². The molecule has 2 heterocycles. The zero-order chi connectivity index (χ0) is 7.84.